The molecule has 3 rings (SSSR count). The highest BCUT2D eigenvalue weighted by Gasteiger charge is 2.41. The molecule has 0 heterocycles. The van der Waals surface area contributed by atoms with Gasteiger partial charge < -0.3 is 9.84 Å². The molecule has 0 bridgehead atoms. The van der Waals surface area contributed by atoms with Crippen molar-refractivity contribution in [3.63, 3.8) is 0 Å². The van der Waals surface area contributed by atoms with Gasteiger partial charge in [-0.1, -0.05) is 54.6 Å². The van der Waals surface area contributed by atoms with Gasteiger partial charge in [-0.3, -0.25) is 0 Å². The Morgan fingerprint density at radius 1 is 1.15 bits per heavy atom. The molecule has 4 nitrogen and oxygen atoms in total. The Balaban J connectivity index is 1.97. The lowest BCUT2D eigenvalue weighted by Gasteiger charge is -2.38. The summed E-state index contributed by atoms with van der Waals surface area (Å²) in [5.74, 6) is -0.663. The maximum absolute atomic E-state index is 13.2. The minimum atomic E-state index is -3.76. The minimum Gasteiger partial charge on any atom is -0.392 e. The van der Waals surface area contributed by atoms with E-state index in [1.54, 1.807) is 43.3 Å². The van der Waals surface area contributed by atoms with Crippen LogP contribution in [0.25, 0.3) is 0 Å². The van der Waals surface area contributed by atoms with Crippen molar-refractivity contribution in [1.29, 1.82) is 0 Å². The lowest BCUT2D eigenvalue weighted by atomic mass is 9.83. The number of sulfone groups is 1. The summed E-state index contributed by atoms with van der Waals surface area (Å²) in [6.45, 7) is 5.86. The Bertz CT molecular complexity index is 919. The number of rotatable bonds is 6. The first-order valence-electron chi connectivity index (χ1n) is 8.87. The molecule has 0 spiro atoms. The van der Waals surface area contributed by atoms with E-state index < -0.39 is 27.5 Å². The Morgan fingerprint density at radius 2 is 1.74 bits per heavy atom. The van der Waals surface area contributed by atoms with Gasteiger partial charge >= 0.3 is 0 Å². The van der Waals surface area contributed by atoms with Crippen LogP contribution in [0.2, 0.25) is 0 Å². The van der Waals surface area contributed by atoms with Crippen LogP contribution in [0.1, 0.15) is 18.9 Å². The van der Waals surface area contributed by atoms with E-state index in [9.17, 15) is 13.5 Å². The molecule has 0 saturated heterocycles. The van der Waals surface area contributed by atoms with Crippen LogP contribution in [0.15, 0.2) is 89.2 Å². The Kier molecular flexibility index (Phi) is 5.65. The van der Waals surface area contributed by atoms with Crippen LogP contribution in [0.5, 0.6) is 0 Å². The number of hydrogen-bond acceptors (Lipinski definition) is 4. The van der Waals surface area contributed by atoms with Gasteiger partial charge in [0.05, 0.1) is 28.1 Å². The third-order valence-electron chi connectivity index (χ3n) is 4.83. The molecule has 0 unspecified atom stereocenters. The standard InChI is InChI=1S/C22H24O4S/c1-3-19-20(23)14-22(2,26-16-17-10-6-4-7-11-17)15-21(19)27(24,25)18-12-8-5-9-13-18/h3-13,15,19-20,23H,1,14,16H2,2H3/t19-,20-,22-/m1/s1. The van der Waals surface area contributed by atoms with E-state index in [2.05, 4.69) is 6.58 Å². The molecule has 3 atom stereocenters. The molecule has 0 fully saturated rings. The minimum absolute atomic E-state index is 0.137. The zero-order valence-electron chi connectivity index (χ0n) is 15.3. The second kappa shape index (κ2) is 7.80. The lowest BCUT2D eigenvalue weighted by Crippen LogP contribution is -2.41. The van der Waals surface area contributed by atoms with Crippen molar-refractivity contribution in [3.8, 4) is 0 Å². The van der Waals surface area contributed by atoms with Crippen LogP contribution in [0, 0.1) is 5.92 Å². The van der Waals surface area contributed by atoms with Crippen molar-refractivity contribution in [2.75, 3.05) is 0 Å². The molecule has 27 heavy (non-hydrogen) atoms. The van der Waals surface area contributed by atoms with E-state index in [-0.39, 0.29) is 9.80 Å². The van der Waals surface area contributed by atoms with Crippen molar-refractivity contribution < 1.29 is 18.3 Å². The summed E-state index contributed by atoms with van der Waals surface area (Å²) in [6, 6.07) is 17.9. The average Bonchev–Trinajstić information content (AvgIpc) is 2.67. The van der Waals surface area contributed by atoms with Crippen LogP contribution in [0.3, 0.4) is 0 Å². The van der Waals surface area contributed by atoms with Crippen molar-refractivity contribution in [2.45, 2.75) is 36.6 Å². The summed E-state index contributed by atoms with van der Waals surface area (Å²) in [5, 5.41) is 10.6. The summed E-state index contributed by atoms with van der Waals surface area (Å²) in [5.41, 5.74) is 0.0892. The van der Waals surface area contributed by atoms with E-state index in [1.807, 2.05) is 30.3 Å². The fraction of sp³-hybridized carbons (Fsp3) is 0.273. The molecule has 1 aliphatic rings. The molecular weight excluding hydrogens is 360 g/mol. The summed E-state index contributed by atoms with van der Waals surface area (Å²) >= 11 is 0. The summed E-state index contributed by atoms with van der Waals surface area (Å²) < 4.78 is 32.4. The van der Waals surface area contributed by atoms with Gasteiger partial charge in [-0.15, -0.1) is 6.58 Å². The molecule has 142 valence electrons. The van der Waals surface area contributed by atoms with E-state index >= 15 is 0 Å². The predicted molar refractivity (Wildman–Crippen MR) is 106 cm³/mol. The Morgan fingerprint density at radius 3 is 2.33 bits per heavy atom. The van der Waals surface area contributed by atoms with E-state index in [4.69, 9.17) is 4.74 Å². The Hall–Kier alpha value is -2.21. The van der Waals surface area contributed by atoms with Gasteiger partial charge in [0, 0.05) is 12.3 Å². The second-order valence-corrected chi connectivity index (χ2v) is 8.93. The fourth-order valence-electron chi connectivity index (χ4n) is 3.38. The van der Waals surface area contributed by atoms with Crippen LogP contribution in [-0.2, 0) is 21.2 Å². The zero-order valence-corrected chi connectivity index (χ0v) is 16.1. The summed E-state index contributed by atoms with van der Waals surface area (Å²) in [4.78, 5) is 0.334. The average molecular weight is 384 g/mol. The van der Waals surface area contributed by atoms with Crippen LogP contribution in [0.4, 0.5) is 0 Å². The number of hydrogen-bond donors (Lipinski definition) is 1. The fourth-order valence-corrected chi connectivity index (χ4v) is 5.18. The Labute approximate surface area is 160 Å². The SMILES string of the molecule is C=C[C@H]1C(S(=O)(=O)c2ccccc2)=C[C@](C)(OCc2ccccc2)C[C@H]1O. The quantitative estimate of drug-likeness (QED) is 0.768. The first-order valence-corrected chi connectivity index (χ1v) is 10.4. The largest absolute Gasteiger partial charge is 0.392 e. The van der Waals surface area contributed by atoms with E-state index in [0.717, 1.165) is 5.56 Å². The van der Waals surface area contributed by atoms with Gasteiger partial charge in [0.25, 0.3) is 0 Å². The zero-order chi connectivity index (χ0) is 19.5. The summed E-state index contributed by atoms with van der Waals surface area (Å²) in [6.07, 6.45) is 2.54. The van der Waals surface area contributed by atoms with Crippen molar-refractivity contribution in [2.24, 2.45) is 5.92 Å². The third-order valence-corrected chi connectivity index (χ3v) is 6.74. The van der Waals surface area contributed by atoms with Gasteiger partial charge in [-0.25, -0.2) is 8.42 Å². The van der Waals surface area contributed by atoms with E-state index in [0.29, 0.717) is 13.0 Å². The molecule has 1 N–H and O–H groups in total. The van der Waals surface area contributed by atoms with Crippen LogP contribution >= 0.6 is 0 Å². The van der Waals surface area contributed by atoms with Gasteiger partial charge in [-0.2, -0.15) is 0 Å². The monoisotopic (exact) mass is 384 g/mol. The topological polar surface area (TPSA) is 63.6 Å². The number of aliphatic hydroxyl groups excluding tert-OH is 1. The second-order valence-electron chi connectivity index (χ2n) is 6.98. The highest BCUT2D eigenvalue weighted by Crippen LogP contribution is 2.39. The molecule has 2 aromatic rings. The molecule has 0 aliphatic heterocycles. The van der Waals surface area contributed by atoms with Crippen molar-refractivity contribution >= 4 is 9.84 Å². The first-order chi connectivity index (χ1) is 12.9. The molecule has 0 saturated carbocycles. The molecule has 2 aromatic carbocycles. The molecule has 0 radical (unpaired) electrons. The molecular formula is C22H24O4S. The maximum Gasteiger partial charge on any atom is 0.203 e. The van der Waals surface area contributed by atoms with Gasteiger partial charge in [0.1, 0.15) is 0 Å². The molecule has 0 aromatic heterocycles. The van der Waals surface area contributed by atoms with Gasteiger partial charge in [0.2, 0.25) is 9.84 Å². The van der Waals surface area contributed by atoms with Crippen LogP contribution < -0.4 is 0 Å². The smallest absolute Gasteiger partial charge is 0.203 e. The predicted octanol–water partition coefficient (Wildman–Crippen LogP) is 3.89. The van der Waals surface area contributed by atoms with Crippen LogP contribution in [-0.4, -0.2) is 25.2 Å². The highest BCUT2D eigenvalue weighted by molar-refractivity contribution is 7.95. The normalized spacial score (nSPS) is 25.6. The molecule has 5 heteroatoms. The first kappa shape index (κ1) is 19.5. The lowest BCUT2D eigenvalue weighted by molar-refractivity contribution is -0.0506. The van der Waals surface area contributed by atoms with Gasteiger partial charge in [0.15, 0.2) is 0 Å². The molecule has 0 amide bonds. The highest BCUT2D eigenvalue weighted by atomic mass is 32.2. The van der Waals surface area contributed by atoms with Crippen molar-refractivity contribution in [1.82, 2.24) is 0 Å². The molecule has 1 aliphatic carbocycles. The third kappa shape index (κ3) is 4.21. The maximum atomic E-state index is 13.2. The van der Waals surface area contributed by atoms with Crippen molar-refractivity contribution in [3.05, 3.63) is 89.9 Å². The summed E-state index contributed by atoms with van der Waals surface area (Å²) in [7, 11) is -3.76. The number of benzene rings is 2. The number of ether oxygens (including phenoxy) is 1. The van der Waals surface area contributed by atoms with E-state index in [1.165, 1.54) is 6.08 Å². The number of aliphatic hydroxyl groups is 1. The van der Waals surface area contributed by atoms with Gasteiger partial charge in [-0.05, 0) is 30.7 Å².